The normalized spacial score (nSPS) is 15.5. The number of rotatable bonds is 2. The van der Waals surface area contributed by atoms with E-state index in [9.17, 15) is 4.79 Å². The van der Waals surface area contributed by atoms with Gasteiger partial charge in [0.2, 0.25) is 0 Å². The van der Waals surface area contributed by atoms with Crippen LogP contribution >= 0.6 is 15.9 Å². The molecule has 2 rings (SSSR count). The molecule has 3 nitrogen and oxygen atoms in total. The topological polar surface area (TPSA) is 38.3 Å². The van der Waals surface area contributed by atoms with E-state index in [-0.39, 0.29) is 12.2 Å². The molecule has 0 bridgehead atoms. The third-order valence-corrected chi connectivity index (χ3v) is 3.13. The zero-order valence-corrected chi connectivity index (χ0v) is 9.79. The highest BCUT2D eigenvalue weighted by atomic mass is 79.9. The highest BCUT2D eigenvalue weighted by Gasteiger charge is 2.21. The molecule has 1 aliphatic carbocycles. The summed E-state index contributed by atoms with van der Waals surface area (Å²) in [5.41, 5.74) is 0.738. The fraction of sp³-hybridized carbons (Fsp3) is 0.364. The minimum atomic E-state index is -0.369. The molecule has 0 saturated heterocycles. The van der Waals surface area contributed by atoms with Crippen molar-refractivity contribution < 1.29 is 9.53 Å². The van der Waals surface area contributed by atoms with Gasteiger partial charge in [-0.05, 0) is 47.3 Å². The van der Waals surface area contributed by atoms with Gasteiger partial charge >= 0.3 is 6.09 Å². The molecule has 0 atom stereocenters. The smallest absolute Gasteiger partial charge is 0.411 e. The highest BCUT2D eigenvalue weighted by Crippen LogP contribution is 2.24. The van der Waals surface area contributed by atoms with Crippen LogP contribution in [0.1, 0.15) is 19.3 Å². The molecule has 0 heterocycles. The molecule has 0 radical (unpaired) electrons. The number of carbonyl (C=O) groups excluding carboxylic acids is 1. The van der Waals surface area contributed by atoms with Crippen molar-refractivity contribution >= 4 is 27.7 Å². The summed E-state index contributed by atoms with van der Waals surface area (Å²) in [5.74, 6) is 0. The molecular formula is C11H12BrNO2. The summed E-state index contributed by atoms with van der Waals surface area (Å²) in [7, 11) is 0. The Morgan fingerprint density at radius 2 is 2.13 bits per heavy atom. The number of para-hydroxylation sites is 1. The summed E-state index contributed by atoms with van der Waals surface area (Å²) in [5, 5.41) is 2.70. The van der Waals surface area contributed by atoms with E-state index in [0.717, 1.165) is 29.4 Å². The summed E-state index contributed by atoms with van der Waals surface area (Å²) in [6.07, 6.45) is 2.89. The van der Waals surface area contributed by atoms with Crippen LogP contribution in [0.15, 0.2) is 28.7 Å². The van der Waals surface area contributed by atoms with Crippen LogP contribution in [-0.2, 0) is 4.74 Å². The van der Waals surface area contributed by atoms with Gasteiger partial charge < -0.3 is 4.74 Å². The Labute approximate surface area is 96.9 Å². The van der Waals surface area contributed by atoms with Gasteiger partial charge in [0.05, 0.1) is 5.69 Å². The second kappa shape index (κ2) is 4.66. The quantitative estimate of drug-likeness (QED) is 0.892. The summed E-state index contributed by atoms with van der Waals surface area (Å²) in [4.78, 5) is 11.4. The van der Waals surface area contributed by atoms with E-state index in [1.54, 1.807) is 0 Å². The van der Waals surface area contributed by atoms with Crippen molar-refractivity contribution in [2.24, 2.45) is 0 Å². The van der Waals surface area contributed by atoms with Crippen molar-refractivity contribution in [2.75, 3.05) is 5.32 Å². The van der Waals surface area contributed by atoms with Crippen LogP contribution in [0.2, 0.25) is 0 Å². The van der Waals surface area contributed by atoms with Crippen LogP contribution in [0, 0.1) is 0 Å². The maximum atomic E-state index is 11.4. The van der Waals surface area contributed by atoms with E-state index >= 15 is 0 Å². The molecular weight excluding hydrogens is 258 g/mol. The number of benzene rings is 1. The van der Waals surface area contributed by atoms with Gasteiger partial charge in [-0.3, -0.25) is 5.32 Å². The average molecular weight is 270 g/mol. The molecule has 1 aliphatic rings. The zero-order chi connectivity index (χ0) is 10.7. The lowest BCUT2D eigenvalue weighted by molar-refractivity contribution is 0.0624. The molecule has 0 unspecified atom stereocenters. The number of hydrogen-bond donors (Lipinski definition) is 1. The molecule has 0 aromatic heterocycles. The maximum Gasteiger partial charge on any atom is 0.411 e. The lowest BCUT2D eigenvalue weighted by Crippen LogP contribution is -2.27. The summed E-state index contributed by atoms with van der Waals surface area (Å²) in [6.45, 7) is 0. The first-order chi connectivity index (χ1) is 7.25. The van der Waals surface area contributed by atoms with Gasteiger partial charge in [0, 0.05) is 4.47 Å². The second-order valence-corrected chi connectivity index (χ2v) is 4.42. The molecule has 4 heteroatoms. The number of nitrogens with one attached hydrogen (secondary N) is 1. The molecule has 1 fully saturated rings. The Morgan fingerprint density at radius 3 is 2.73 bits per heavy atom. The molecule has 1 amide bonds. The maximum absolute atomic E-state index is 11.4. The van der Waals surface area contributed by atoms with Crippen molar-refractivity contribution in [1.29, 1.82) is 0 Å². The highest BCUT2D eigenvalue weighted by molar-refractivity contribution is 9.10. The Morgan fingerprint density at radius 1 is 1.40 bits per heavy atom. The molecule has 80 valence electrons. The van der Waals surface area contributed by atoms with E-state index in [1.807, 2.05) is 24.3 Å². The van der Waals surface area contributed by atoms with Gasteiger partial charge in [0.1, 0.15) is 6.10 Å². The van der Waals surface area contributed by atoms with Crippen LogP contribution in [0.25, 0.3) is 0 Å². The summed E-state index contributed by atoms with van der Waals surface area (Å²) < 4.78 is 6.03. The molecule has 1 N–H and O–H groups in total. The molecule has 15 heavy (non-hydrogen) atoms. The van der Waals surface area contributed by atoms with Crippen molar-refractivity contribution in [3.05, 3.63) is 28.7 Å². The molecule has 1 aromatic rings. The first kappa shape index (κ1) is 10.5. The van der Waals surface area contributed by atoms with Crippen LogP contribution in [0.5, 0.6) is 0 Å². The van der Waals surface area contributed by atoms with Crippen LogP contribution in [-0.4, -0.2) is 12.2 Å². The fourth-order valence-electron chi connectivity index (χ4n) is 1.34. The number of carbonyl (C=O) groups is 1. The third kappa shape index (κ3) is 2.72. The average Bonchev–Trinajstić information content (AvgIpc) is 2.16. The van der Waals surface area contributed by atoms with Gasteiger partial charge in [-0.2, -0.15) is 0 Å². The van der Waals surface area contributed by atoms with Crippen molar-refractivity contribution in [3.8, 4) is 0 Å². The number of ether oxygens (including phenoxy) is 1. The van der Waals surface area contributed by atoms with Crippen LogP contribution < -0.4 is 5.32 Å². The van der Waals surface area contributed by atoms with Gasteiger partial charge in [0.15, 0.2) is 0 Å². The van der Waals surface area contributed by atoms with E-state index in [4.69, 9.17) is 4.74 Å². The standard InChI is InChI=1S/C11H12BrNO2/c12-9-6-1-2-7-10(9)13-11(14)15-8-4-3-5-8/h1-2,6-8H,3-5H2,(H,13,14). The SMILES string of the molecule is O=C(Nc1ccccc1Br)OC1CCC1. The first-order valence-corrected chi connectivity index (χ1v) is 5.77. The molecule has 0 aliphatic heterocycles. The number of anilines is 1. The fourth-order valence-corrected chi connectivity index (χ4v) is 1.73. The summed E-state index contributed by atoms with van der Waals surface area (Å²) >= 11 is 3.35. The van der Waals surface area contributed by atoms with Crippen LogP contribution in [0.4, 0.5) is 10.5 Å². The minimum Gasteiger partial charge on any atom is -0.446 e. The molecule has 0 spiro atoms. The second-order valence-electron chi connectivity index (χ2n) is 3.56. The number of amides is 1. The molecule has 1 aromatic carbocycles. The zero-order valence-electron chi connectivity index (χ0n) is 8.20. The number of hydrogen-bond acceptors (Lipinski definition) is 2. The predicted octanol–water partition coefficient (Wildman–Crippen LogP) is 3.55. The Kier molecular flexibility index (Phi) is 3.26. The third-order valence-electron chi connectivity index (χ3n) is 2.44. The lowest BCUT2D eigenvalue weighted by atomic mass is 9.96. The van der Waals surface area contributed by atoms with Crippen molar-refractivity contribution in [3.63, 3.8) is 0 Å². The van der Waals surface area contributed by atoms with E-state index < -0.39 is 0 Å². The minimum absolute atomic E-state index is 0.118. The predicted molar refractivity (Wildman–Crippen MR) is 61.9 cm³/mol. The Balaban J connectivity index is 1.90. The van der Waals surface area contributed by atoms with Crippen LogP contribution in [0.3, 0.4) is 0 Å². The van der Waals surface area contributed by atoms with E-state index in [2.05, 4.69) is 21.2 Å². The largest absolute Gasteiger partial charge is 0.446 e. The Bertz CT molecular complexity index is 363. The van der Waals surface area contributed by atoms with Gasteiger partial charge in [-0.25, -0.2) is 4.79 Å². The first-order valence-electron chi connectivity index (χ1n) is 4.98. The van der Waals surface area contributed by atoms with E-state index in [0.29, 0.717) is 0 Å². The van der Waals surface area contributed by atoms with Crippen molar-refractivity contribution in [1.82, 2.24) is 0 Å². The van der Waals surface area contributed by atoms with Gasteiger partial charge in [-0.15, -0.1) is 0 Å². The monoisotopic (exact) mass is 269 g/mol. The Hall–Kier alpha value is -1.03. The van der Waals surface area contributed by atoms with Gasteiger partial charge in [0.25, 0.3) is 0 Å². The van der Waals surface area contributed by atoms with E-state index in [1.165, 1.54) is 0 Å². The summed E-state index contributed by atoms with van der Waals surface area (Å²) in [6, 6.07) is 7.46. The number of halogens is 1. The molecule has 1 saturated carbocycles. The van der Waals surface area contributed by atoms with Crippen molar-refractivity contribution in [2.45, 2.75) is 25.4 Å². The lowest BCUT2D eigenvalue weighted by Gasteiger charge is -2.25. The van der Waals surface area contributed by atoms with Gasteiger partial charge in [-0.1, -0.05) is 12.1 Å².